The molecule has 7 heteroatoms. The van der Waals surface area contributed by atoms with Crippen LogP contribution in [0.5, 0.6) is 0 Å². The maximum absolute atomic E-state index is 12.3. The summed E-state index contributed by atoms with van der Waals surface area (Å²) in [7, 11) is 0. The molecule has 4 N–H and O–H groups in total. The number of hydrogen-bond acceptors (Lipinski definition) is 4. The number of benzene rings is 1. The Morgan fingerprint density at radius 2 is 1.84 bits per heavy atom. The van der Waals surface area contributed by atoms with E-state index < -0.39 is 17.4 Å². The second kappa shape index (κ2) is 6.72. The summed E-state index contributed by atoms with van der Waals surface area (Å²) in [6.07, 6.45) is 1.76. The molecule has 25 heavy (non-hydrogen) atoms. The summed E-state index contributed by atoms with van der Waals surface area (Å²) in [6, 6.07) is 7.84. The van der Waals surface area contributed by atoms with Crippen LogP contribution in [-0.2, 0) is 13.0 Å². The van der Waals surface area contributed by atoms with Crippen LogP contribution in [0.2, 0.25) is 0 Å². The van der Waals surface area contributed by atoms with E-state index in [4.69, 9.17) is 5.73 Å². The smallest absolute Gasteiger partial charge is 0.261 e. The van der Waals surface area contributed by atoms with Gasteiger partial charge in [-0.05, 0) is 36.6 Å². The fourth-order valence-electron chi connectivity index (χ4n) is 2.81. The van der Waals surface area contributed by atoms with Gasteiger partial charge < -0.3 is 16.0 Å². The lowest BCUT2D eigenvalue weighted by molar-refractivity contribution is 0.0947. The van der Waals surface area contributed by atoms with Crippen molar-refractivity contribution in [2.24, 2.45) is 5.73 Å². The van der Waals surface area contributed by atoms with Gasteiger partial charge in [0.25, 0.3) is 11.5 Å². The highest BCUT2D eigenvalue weighted by molar-refractivity contribution is 6.01. The quantitative estimate of drug-likeness (QED) is 0.766. The number of aromatic nitrogens is 1. The third-order valence-electron chi connectivity index (χ3n) is 4.19. The lowest BCUT2D eigenvalue weighted by Gasteiger charge is -2.15. The zero-order valence-electron chi connectivity index (χ0n) is 13.4. The molecule has 1 aliphatic rings. The second-order valence-electron chi connectivity index (χ2n) is 5.92. The number of aryl methyl sites for hydroxylation is 1. The predicted molar refractivity (Wildman–Crippen MR) is 90.5 cm³/mol. The zero-order chi connectivity index (χ0) is 18.0. The second-order valence-corrected chi connectivity index (χ2v) is 5.92. The summed E-state index contributed by atoms with van der Waals surface area (Å²) in [4.78, 5) is 50.0. The normalized spacial score (nSPS) is 13.2. The molecule has 128 valence electrons. The number of pyridine rings is 1. The molecule has 1 aromatic heterocycles. The van der Waals surface area contributed by atoms with Crippen LogP contribution < -0.4 is 16.6 Å². The summed E-state index contributed by atoms with van der Waals surface area (Å²) in [5.74, 6) is -1.14. The summed E-state index contributed by atoms with van der Waals surface area (Å²) >= 11 is 0. The van der Waals surface area contributed by atoms with Gasteiger partial charge in [0.2, 0.25) is 5.91 Å². The minimum atomic E-state index is -0.554. The number of Topliss-reactive ketones (excluding diaryl/α,β-unsaturated/α-hetero) is 1. The van der Waals surface area contributed by atoms with Crippen molar-refractivity contribution >= 4 is 17.6 Å². The Kier molecular flexibility index (Phi) is 4.47. The van der Waals surface area contributed by atoms with Crippen molar-refractivity contribution < 1.29 is 14.4 Å². The van der Waals surface area contributed by atoms with Gasteiger partial charge in [0.05, 0.1) is 0 Å². The van der Waals surface area contributed by atoms with E-state index in [0.29, 0.717) is 36.1 Å². The number of ketones is 1. The Labute approximate surface area is 143 Å². The topological polar surface area (TPSA) is 122 Å². The van der Waals surface area contributed by atoms with E-state index in [0.717, 1.165) is 5.56 Å². The number of hydrogen-bond donors (Lipinski definition) is 3. The van der Waals surface area contributed by atoms with Crippen molar-refractivity contribution in [2.75, 3.05) is 0 Å². The summed E-state index contributed by atoms with van der Waals surface area (Å²) in [5.41, 5.74) is 6.73. The Hall–Kier alpha value is -3.22. The Morgan fingerprint density at radius 3 is 2.52 bits per heavy atom. The number of primary amides is 1. The van der Waals surface area contributed by atoms with Crippen LogP contribution in [0.1, 0.15) is 55.2 Å². The van der Waals surface area contributed by atoms with Crippen molar-refractivity contribution in [1.82, 2.24) is 10.3 Å². The van der Waals surface area contributed by atoms with Gasteiger partial charge in [0.15, 0.2) is 5.78 Å². The lowest BCUT2D eigenvalue weighted by Crippen LogP contribution is -2.31. The highest BCUT2D eigenvalue weighted by Crippen LogP contribution is 2.18. The molecule has 2 aromatic rings. The van der Waals surface area contributed by atoms with Crippen LogP contribution >= 0.6 is 0 Å². The molecular formula is C18H17N3O4. The number of fused-ring (bicyclic) bond motifs is 1. The number of rotatable bonds is 4. The SMILES string of the molecule is NC(=O)c1ccc(CNC(=O)c2cc3c([nH]c2=O)CCCC3=O)cc1. The molecule has 1 aliphatic carbocycles. The molecule has 3 rings (SSSR count). The average Bonchev–Trinajstić information content (AvgIpc) is 2.59. The fraction of sp³-hybridized carbons (Fsp3) is 0.222. The number of aromatic amines is 1. The fourth-order valence-corrected chi connectivity index (χ4v) is 2.81. The van der Waals surface area contributed by atoms with Gasteiger partial charge in [-0.15, -0.1) is 0 Å². The Morgan fingerprint density at radius 1 is 1.12 bits per heavy atom. The van der Waals surface area contributed by atoms with Gasteiger partial charge in [-0.3, -0.25) is 19.2 Å². The molecule has 1 heterocycles. The number of carbonyl (C=O) groups is 3. The first-order valence-electron chi connectivity index (χ1n) is 7.92. The van der Waals surface area contributed by atoms with Crippen molar-refractivity contribution in [3.05, 3.63) is 68.6 Å². The van der Waals surface area contributed by atoms with E-state index in [-0.39, 0.29) is 17.9 Å². The molecule has 0 aliphatic heterocycles. The monoisotopic (exact) mass is 339 g/mol. The van der Waals surface area contributed by atoms with E-state index in [1.54, 1.807) is 24.3 Å². The zero-order valence-corrected chi connectivity index (χ0v) is 13.4. The van der Waals surface area contributed by atoms with Crippen molar-refractivity contribution in [1.29, 1.82) is 0 Å². The van der Waals surface area contributed by atoms with Crippen LogP contribution in [0.4, 0.5) is 0 Å². The van der Waals surface area contributed by atoms with E-state index in [1.807, 2.05) is 0 Å². The van der Waals surface area contributed by atoms with Crippen LogP contribution in [0.15, 0.2) is 35.1 Å². The van der Waals surface area contributed by atoms with Crippen molar-refractivity contribution in [3.63, 3.8) is 0 Å². The van der Waals surface area contributed by atoms with Crippen LogP contribution in [0.25, 0.3) is 0 Å². The van der Waals surface area contributed by atoms with Crippen molar-refractivity contribution in [3.8, 4) is 0 Å². The Balaban J connectivity index is 1.75. The average molecular weight is 339 g/mol. The molecule has 2 amide bonds. The number of nitrogens with one attached hydrogen (secondary N) is 2. The third kappa shape index (κ3) is 3.50. The molecule has 0 spiro atoms. The van der Waals surface area contributed by atoms with Gasteiger partial charge >= 0.3 is 0 Å². The predicted octanol–water partition coefficient (Wildman–Crippen LogP) is 0.923. The van der Waals surface area contributed by atoms with Gasteiger partial charge in [-0.25, -0.2) is 0 Å². The largest absolute Gasteiger partial charge is 0.366 e. The van der Waals surface area contributed by atoms with E-state index in [9.17, 15) is 19.2 Å². The third-order valence-corrected chi connectivity index (χ3v) is 4.19. The van der Waals surface area contributed by atoms with E-state index in [2.05, 4.69) is 10.3 Å². The molecular weight excluding hydrogens is 322 g/mol. The lowest BCUT2D eigenvalue weighted by atomic mass is 9.93. The first kappa shape index (κ1) is 16.6. The van der Waals surface area contributed by atoms with E-state index in [1.165, 1.54) is 6.07 Å². The molecule has 0 radical (unpaired) electrons. The van der Waals surface area contributed by atoms with Crippen LogP contribution in [-0.4, -0.2) is 22.6 Å². The summed E-state index contributed by atoms with van der Waals surface area (Å²) in [6.45, 7) is 0.183. The van der Waals surface area contributed by atoms with Gasteiger partial charge in [0.1, 0.15) is 5.56 Å². The summed E-state index contributed by atoms with van der Waals surface area (Å²) < 4.78 is 0. The van der Waals surface area contributed by atoms with E-state index >= 15 is 0 Å². The first-order chi connectivity index (χ1) is 12.0. The highest BCUT2D eigenvalue weighted by atomic mass is 16.2. The first-order valence-corrected chi connectivity index (χ1v) is 7.92. The standard InChI is InChI=1S/C18H17N3O4/c19-16(23)11-6-4-10(5-7-11)9-20-17(24)13-8-12-14(21-18(13)25)2-1-3-15(12)22/h4-8H,1-3,9H2,(H2,19,23)(H,20,24)(H,21,25). The maximum atomic E-state index is 12.3. The maximum Gasteiger partial charge on any atom is 0.261 e. The summed E-state index contributed by atoms with van der Waals surface area (Å²) in [5, 5.41) is 2.64. The minimum Gasteiger partial charge on any atom is -0.366 e. The molecule has 0 bridgehead atoms. The number of H-pyrrole nitrogens is 1. The molecule has 0 saturated heterocycles. The molecule has 0 unspecified atom stereocenters. The molecule has 0 saturated carbocycles. The highest BCUT2D eigenvalue weighted by Gasteiger charge is 2.21. The minimum absolute atomic E-state index is 0.0615. The van der Waals surface area contributed by atoms with Crippen LogP contribution in [0.3, 0.4) is 0 Å². The van der Waals surface area contributed by atoms with Crippen LogP contribution in [0, 0.1) is 0 Å². The molecule has 0 fully saturated rings. The van der Waals surface area contributed by atoms with Gasteiger partial charge in [0, 0.05) is 29.8 Å². The van der Waals surface area contributed by atoms with Gasteiger partial charge in [-0.2, -0.15) is 0 Å². The number of carbonyl (C=O) groups excluding carboxylic acids is 3. The number of amides is 2. The Bertz CT molecular complexity index is 913. The number of nitrogens with two attached hydrogens (primary N) is 1. The molecule has 7 nitrogen and oxygen atoms in total. The molecule has 0 atom stereocenters. The molecule has 1 aromatic carbocycles. The van der Waals surface area contributed by atoms with Crippen molar-refractivity contribution in [2.45, 2.75) is 25.8 Å². The van der Waals surface area contributed by atoms with Gasteiger partial charge in [-0.1, -0.05) is 12.1 Å².